The quantitative estimate of drug-likeness (QED) is 0.513. The lowest BCUT2D eigenvalue weighted by Crippen LogP contribution is -2.00. The van der Waals surface area contributed by atoms with Gasteiger partial charge < -0.3 is 9.42 Å². The molecule has 2 unspecified atom stereocenters. The molecular weight excluding hydrogens is 161 g/mol. The summed E-state index contributed by atoms with van der Waals surface area (Å²) >= 11 is 0. The molecule has 0 saturated carbocycles. The molecule has 0 aromatic rings. The van der Waals surface area contributed by atoms with Crippen molar-refractivity contribution in [2.75, 3.05) is 6.61 Å². The topological polar surface area (TPSA) is 53.2 Å². The van der Waals surface area contributed by atoms with E-state index in [-0.39, 0.29) is 5.66 Å². The minimum Gasteiger partial charge on any atom is -0.350 e. The van der Waals surface area contributed by atoms with Gasteiger partial charge in [-0.3, -0.25) is 0 Å². The maximum absolute atomic E-state index is 9.28. The second-order valence-corrected chi connectivity index (χ2v) is 4.05. The number of nitriles is 1. The minimum absolute atomic E-state index is 0.212. The monoisotopic (exact) mass is 175 g/mol. The largest absolute Gasteiger partial charge is 0.350 e. The van der Waals surface area contributed by atoms with Gasteiger partial charge in [-0.1, -0.05) is 13.8 Å². The SMILES string of the molecule is CCC(C)P(O)OCCC#N. The lowest BCUT2D eigenvalue weighted by Gasteiger charge is -2.15. The summed E-state index contributed by atoms with van der Waals surface area (Å²) in [6, 6.07) is 1.95. The predicted octanol–water partition coefficient (Wildman–Crippen LogP) is 2.02. The third kappa shape index (κ3) is 5.15. The van der Waals surface area contributed by atoms with E-state index in [2.05, 4.69) is 0 Å². The average Bonchev–Trinajstić information content (AvgIpc) is 2.03. The lowest BCUT2D eigenvalue weighted by atomic mass is 10.4. The Balaban J connectivity index is 3.37. The van der Waals surface area contributed by atoms with Crippen molar-refractivity contribution in [3.63, 3.8) is 0 Å². The standard InChI is InChI=1S/C7H14NO2P/c1-3-7(2)11(9)10-6-4-5-8/h7,9H,3-4,6H2,1-2H3. The van der Waals surface area contributed by atoms with Gasteiger partial charge in [0.1, 0.15) is 0 Å². The molecule has 0 saturated heterocycles. The summed E-state index contributed by atoms with van der Waals surface area (Å²) in [6.45, 7) is 4.30. The third-order valence-corrected chi connectivity index (χ3v) is 2.97. The van der Waals surface area contributed by atoms with E-state index in [0.717, 1.165) is 6.42 Å². The van der Waals surface area contributed by atoms with Crippen LogP contribution in [0.1, 0.15) is 26.7 Å². The van der Waals surface area contributed by atoms with Crippen LogP contribution in [0.4, 0.5) is 0 Å². The van der Waals surface area contributed by atoms with Crippen molar-refractivity contribution >= 4 is 8.38 Å². The zero-order valence-corrected chi connectivity index (χ0v) is 7.84. The van der Waals surface area contributed by atoms with E-state index in [1.165, 1.54) is 0 Å². The Morgan fingerprint density at radius 1 is 1.73 bits per heavy atom. The first-order valence-electron chi connectivity index (χ1n) is 3.70. The van der Waals surface area contributed by atoms with E-state index < -0.39 is 8.38 Å². The van der Waals surface area contributed by atoms with Crippen LogP contribution in [0.5, 0.6) is 0 Å². The number of nitrogens with zero attached hydrogens (tertiary/aromatic N) is 1. The summed E-state index contributed by atoms with van der Waals surface area (Å²) in [7, 11) is -1.30. The number of hydrogen-bond donors (Lipinski definition) is 1. The van der Waals surface area contributed by atoms with Crippen LogP contribution in [0.15, 0.2) is 0 Å². The molecule has 0 radical (unpaired) electrons. The highest BCUT2D eigenvalue weighted by Crippen LogP contribution is 2.38. The van der Waals surface area contributed by atoms with Gasteiger partial charge in [0.25, 0.3) is 0 Å². The summed E-state index contributed by atoms with van der Waals surface area (Å²) in [5.41, 5.74) is 0.212. The summed E-state index contributed by atoms with van der Waals surface area (Å²) < 4.78 is 5.03. The Morgan fingerprint density at radius 3 is 2.82 bits per heavy atom. The Kier molecular flexibility index (Phi) is 6.45. The van der Waals surface area contributed by atoms with Gasteiger partial charge in [0, 0.05) is 5.66 Å². The second kappa shape index (κ2) is 6.54. The Hall–Kier alpha value is -0.160. The van der Waals surface area contributed by atoms with Crippen LogP contribution in [-0.2, 0) is 4.52 Å². The van der Waals surface area contributed by atoms with Crippen molar-refractivity contribution < 1.29 is 9.42 Å². The van der Waals surface area contributed by atoms with Crippen LogP contribution in [0.3, 0.4) is 0 Å². The lowest BCUT2D eigenvalue weighted by molar-refractivity contribution is 0.310. The van der Waals surface area contributed by atoms with Crippen molar-refractivity contribution in [3.05, 3.63) is 0 Å². The highest BCUT2D eigenvalue weighted by Gasteiger charge is 2.12. The maximum Gasteiger partial charge on any atom is 0.170 e. The molecule has 11 heavy (non-hydrogen) atoms. The van der Waals surface area contributed by atoms with Crippen LogP contribution in [0, 0.1) is 11.3 Å². The van der Waals surface area contributed by atoms with Crippen molar-refractivity contribution in [1.29, 1.82) is 5.26 Å². The van der Waals surface area contributed by atoms with Crippen molar-refractivity contribution in [3.8, 4) is 6.07 Å². The van der Waals surface area contributed by atoms with E-state index in [0.29, 0.717) is 13.0 Å². The van der Waals surface area contributed by atoms with Crippen LogP contribution in [0.25, 0.3) is 0 Å². The zero-order chi connectivity index (χ0) is 8.69. The first kappa shape index (κ1) is 10.8. The molecule has 0 aliphatic rings. The molecule has 0 amide bonds. The van der Waals surface area contributed by atoms with E-state index >= 15 is 0 Å². The second-order valence-electron chi connectivity index (χ2n) is 2.30. The molecule has 0 rings (SSSR count). The molecule has 0 aromatic heterocycles. The number of hydrogen-bond acceptors (Lipinski definition) is 3. The molecule has 1 N–H and O–H groups in total. The van der Waals surface area contributed by atoms with Gasteiger partial charge in [0.05, 0.1) is 19.1 Å². The van der Waals surface area contributed by atoms with Gasteiger partial charge in [0.15, 0.2) is 8.38 Å². The van der Waals surface area contributed by atoms with E-state index in [4.69, 9.17) is 9.79 Å². The zero-order valence-electron chi connectivity index (χ0n) is 6.95. The first-order valence-corrected chi connectivity index (χ1v) is 4.98. The fourth-order valence-corrected chi connectivity index (χ4v) is 1.31. The number of rotatable bonds is 5. The Bertz CT molecular complexity index is 135. The molecule has 0 bridgehead atoms. The normalized spacial score (nSPS) is 15.5. The minimum atomic E-state index is -1.30. The molecule has 3 nitrogen and oxygen atoms in total. The van der Waals surface area contributed by atoms with Crippen molar-refractivity contribution in [2.45, 2.75) is 32.3 Å². The van der Waals surface area contributed by atoms with Crippen LogP contribution >= 0.6 is 8.38 Å². The van der Waals surface area contributed by atoms with Gasteiger partial charge in [0.2, 0.25) is 0 Å². The molecule has 0 fully saturated rings. The average molecular weight is 175 g/mol. The Morgan fingerprint density at radius 2 is 2.36 bits per heavy atom. The molecule has 0 aliphatic heterocycles. The molecule has 0 spiro atoms. The molecule has 2 atom stereocenters. The van der Waals surface area contributed by atoms with Gasteiger partial charge >= 0.3 is 0 Å². The predicted molar refractivity (Wildman–Crippen MR) is 45.1 cm³/mol. The summed E-state index contributed by atoms with van der Waals surface area (Å²) in [5.74, 6) is 0. The highest BCUT2D eigenvalue weighted by atomic mass is 31.2. The molecule has 0 aliphatic carbocycles. The fraction of sp³-hybridized carbons (Fsp3) is 0.857. The summed E-state index contributed by atoms with van der Waals surface area (Å²) in [6.07, 6.45) is 1.27. The van der Waals surface area contributed by atoms with E-state index in [1.807, 2.05) is 19.9 Å². The van der Waals surface area contributed by atoms with E-state index in [1.54, 1.807) is 0 Å². The maximum atomic E-state index is 9.28. The van der Waals surface area contributed by atoms with Gasteiger partial charge in [-0.25, -0.2) is 0 Å². The molecule has 0 aromatic carbocycles. The summed E-state index contributed by atoms with van der Waals surface area (Å²) in [5, 5.41) is 8.17. The van der Waals surface area contributed by atoms with Gasteiger partial charge in [-0.05, 0) is 6.42 Å². The van der Waals surface area contributed by atoms with Crippen molar-refractivity contribution in [2.24, 2.45) is 0 Å². The fourth-order valence-electron chi connectivity index (χ4n) is 0.468. The molecule has 0 heterocycles. The van der Waals surface area contributed by atoms with Crippen molar-refractivity contribution in [1.82, 2.24) is 0 Å². The first-order chi connectivity index (χ1) is 5.22. The van der Waals surface area contributed by atoms with Crippen LogP contribution in [-0.4, -0.2) is 17.2 Å². The summed E-state index contributed by atoms with van der Waals surface area (Å²) in [4.78, 5) is 9.28. The highest BCUT2D eigenvalue weighted by molar-refractivity contribution is 7.46. The smallest absolute Gasteiger partial charge is 0.170 e. The van der Waals surface area contributed by atoms with Crippen LogP contribution < -0.4 is 0 Å². The Labute approximate surface area is 68.9 Å². The van der Waals surface area contributed by atoms with E-state index in [9.17, 15) is 4.89 Å². The molecule has 4 heteroatoms. The molecular formula is C7H14NO2P. The third-order valence-electron chi connectivity index (χ3n) is 1.41. The van der Waals surface area contributed by atoms with Gasteiger partial charge in [-0.15, -0.1) is 0 Å². The van der Waals surface area contributed by atoms with Gasteiger partial charge in [-0.2, -0.15) is 5.26 Å². The molecule has 64 valence electrons. The van der Waals surface area contributed by atoms with Crippen LogP contribution in [0.2, 0.25) is 0 Å².